The zero-order valence-corrected chi connectivity index (χ0v) is 15.6. The van der Waals surface area contributed by atoms with E-state index < -0.39 is 0 Å². The monoisotopic (exact) mass is 350 g/mol. The summed E-state index contributed by atoms with van der Waals surface area (Å²) in [6.45, 7) is 0.304. The molecular weight excluding hydrogens is 319 g/mol. The van der Waals surface area contributed by atoms with Crippen LogP contribution in [-0.2, 0) is 11.8 Å². The molecule has 4 rings (SSSR count). The number of fused-ring (bicyclic) bond motifs is 3. The summed E-state index contributed by atoms with van der Waals surface area (Å²) in [4.78, 5) is 0. The van der Waals surface area contributed by atoms with Crippen LogP contribution in [0.3, 0.4) is 0 Å². The van der Waals surface area contributed by atoms with Crippen molar-refractivity contribution in [1.29, 1.82) is 0 Å². The molecule has 0 amide bonds. The Labute approximate surface area is 151 Å². The fourth-order valence-corrected chi connectivity index (χ4v) is 4.18. The van der Waals surface area contributed by atoms with Crippen molar-refractivity contribution in [2.75, 3.05) is 12.8 Å². The van der Waals surface area contributed by atoms with Crippen molar-refractivity contribution < 1.29 is 4.39 Å². The van der Waals surface area contributed by atoms with Crippen LogP contribution in [0, 0.1) is 0 Å². The van der Waals surface area contributed by atoms with Gasteiger partial charge in [0.2, 0.25) is 0 Å². The van der Waals surface area contributed by atoms with E-state index in [2.05, 4.69) is 36.9 Å². The molecule has 2 nitrogen and oxygen atoms in total. The molecule has 0 aliphatic heterocycles. The first-order valence-electron chi connectivity index (χ1n) is 8.90. The summed E-state index contributed by atoms with van der Waals surface area (Å²) in [6, 6.07) is 8.97. The molecule has 0 saturated heterocycles. The van der Waals surface area contributed by atoms with Crippen LogP contribution in [-0.4, -0.2) is 18.3 Å². The summed E-state index contributed by atoms with van der Waals surface area (Å²) < 4.78 is 12.5. The van der Waals surface area contributed by atoms with Crippen molar-refractivity contribution >= 4 is 12.6 Å². The molecule has 1 aromatic carbocycles. The molecule has 24 heavy (non-hydrogen) atoms. The Kier molecular flexibility index (Phi) is 6.90. The van der Waals surface area contributed by atoms with Crippen molar-refractivity contribution in [3.8, 4) is 0 Å². The van der Waals surface area contributed by atoms with E-state index in [0.29, 0.717) is 30.3 Å². The SMILES string of the molecule is CS.NC/C(=C\F)CCc1ccc(C23CCC(N)(CC2)CC3)cc1. The van der Waals surface area contributed by atoms with E-state index >= 15 is 0 Å². The van der Waals surface area contributed by atoms with E-state index in [1.165, 1.54) is 30.4 Å². The molecule has 1 aromatic rings. The maximum Gasteiger partial charge on any atom is 0.0871 e. The highest BCUT2D eigenvalue weighted by Crippen LogP contribution is 2.52. The van der Waals surface area contributed by atoms with Crippen LogP contribution in [0.5, 0.6) is 0 Å². The van der Waals surface area contributed by atoms with Gasteiger partial charge in [-0.1, -0.05) is 24.3 Å². The van der Waals surface area contributed by atoms with Gasteiger partial charge < -0.3 is 11.5 Å². The van der Waals surface area contributed by atoms with Gasteiger partial charge in [0.25, 0.3) is 0 Å². The highest BCUT2D eigenvalue weighted by molar-refractivity contribution is 7.79. The van der Waals surface area contributed by atoms with Gasteiger partial charge >= 0.3 is 0 Å². The van der Waals surface area contributed by atoms with Crippen molar-refractivity contribution in [2.24, 2.45) is 11.5 Å². The highest BCUT2D eigenvalue weighted by atomic mass is 32.1. The first-order chi connectivity index (χ1) is 11.6. The minimum atomic E-state index is 0.124. The molecule has 0 atom stereocenters. The summed E-state index contributed by atoms with van der Waals surface area (Å²) in [6.07, 6.45) is 11.1. The number of nitrogens with two attached hydrogens (primary N) is 2. The third kappa shape index (κ3) is 4.22. The lowest BCUT2D eigenvalue weighted by Gasteiger charge is -2.52. The zero-order chi connectivity index (χ0) is 17.6. The second-order valence-electron chi connectivity index (χ2n) is 7.31. The fourth-order valence-electron chi connectivity index (χ4n) is 4.18. The van der Waals surface area contributed by atoms with Gasteiger partial charge in [0, 0.05) is 12.1 Å². The Balaban J connectivity index is 0.00000100. The van der Waals surface area contributed by atoms with E-state index in [1.807, 2.05) is 0 Å². The van der Waals surface area contributed by atoms with Crippen LogP contribution in [0.25, 0.3) is 0 Å². The van der Waals surface area contributed by atoms with E-state index in [9.17, 15) is 4.39 Å². The summed E-state index contributed by atoms with van der Waals surface area (Å²) in [5.74, 6) is 0. The van der Waals surface area contributed by atoms with E-state index in [1.54, 1.807) is 6.26 Å². The standard InChI is InChI=1S/C19H27FN2.CH4S/c20-13-16(14-21)2-1-15-3-5-17(6-4-15)18-7-10-19(22,11-8-18)12-9-18;1-2/h3-6,13H,1-2,7-12,14,21-22H2;2H,1H3/b16-13-;. The molecule has 134 valence electrons. The fraction of sp³-hybridized carbons (Fsp3) is 0.600. The minimum absolute atomic E-state index is 0.124. The predicted octanol–water partition coefficient (Wildman–Crippen LogP) is 4.28. The molecule has 0 spiro atoms. The van der Waals surface area contributed by atoms with Crippen LogP contribution >= 0.6 is 12.6 Å². The molecule has 0 radical (unpaired) electrons. The van der Waals surface area contributed by atoms with Crippen LogP contribution in [0.15, 0.2) is 36.2 Å². The van der Waals surface area contributed by atoms with Crippen molar-refractivity contribution in [3.63, 3.8) is 0 Å². The number of aryl methyl sites for hydroxylation is 1. The van der Waals surface area contributed by atoms with Crippen LogP contribution < -0.4 is 11.5 Å². The van der Waals surface area contributed by atoms with Gasteiger partial charge in [-0.05, 0) is 79.7 Å². The lowest BCUT2D eigenvalue weighted by atomic mass is 9.55. The number of thiol groups is 1. The van der Waals surface area contributed by atoms with Crippen molar-refractivity contribution in [3.05, 3.63) is 47.3 Å². The summed E-state index contributed by atoms with van der Waals surface area (Å²) in [7, 11) is 0. The lowest BCUT2D eigenvalue weighted by Crippen LogP contribution is -2.53. The number of halogens is 1. The largest absolute Gasteiger partial charge is 0.327 e. The average molecular weight is 351 g/mol. The van der Waals surface area contributed by atoms with Gasteiger partial charge in [-0.2, -0.15) is 12.6 Å². The van der Waals surface area contributed by atoms with Crippen LogP contribution in [0.4, 0.5) is 4.39 Å². The average Bonchev–Trinajstić information content (AvgIpc) is 2.66. The molecule has 4 N–H and O–H groups in total. The second kappa shape index (κ2) is 8.50. The molecule has 3 aliphatic carbocycles. The lowest BCUT2D eigenvalue weighted by molar-refractivity contribution is 0.107. The number of hydrogen-bond acceptors (Lipinski definition) is 3. The Hall–Kier alpha value is -0.840. The molecule has 4 heteroatoms. The Bertz CT molecular complexity index is 529. The molecule has 0 unspecified atom stereocenters. The minimum Gasteiger partial charge on any atom is -0.327 e. The molecule has 3 aliphatic rings. The second-order valence-corrected chi connectivity index (χ2v) is 7.31. The first kappa shape index (κ1) is 19.5. The van der Waals surface area contributed by atoms with Crippen molar-refractivity contribution in [1.82, 2.24) is 0 Å². The normalized spacial score (nSPS) is 29.1. The van der Waals surface area contributed by atoms with E-state index in [4.69, 9.17) is 11.5 Å². The van der Waals surface area contributed by atoms with Gasteiger partial charge in [-0.3, -0.25) is 0 Å². The third-order valence-corrected chi connectivity index (χ3v) is 6.02. The quantitative estimate of drug-likeness (QED) is 0.694. The maximum atomic E-state index is 12.5. The number of rotatable bonds is 5. The first-order valence-corrected chi connectivity index (χ1v) is 9.80. The predicted molar refractivity (Wildman–Crippen MR) is 104 cm³/mol. The Morgan fingerprint density at radius 3 is 2.08 bits per heavy atom. The van der Waals surface area contributed by atoms with Crippen LogP contribution in [0.1, 0.15) is 56.1 Å². The number of benzene rings is 1. The van der Waals surface area contributed by atoms with Gasteiger partial charge in [-0.15, -0.1) is 0 Å². The van der Waals surface area contributed by atoms with E-state index in [0.717, 1.165) is 25.7 Å². The summed E-state index contributed by atoms with van der Waals surface area (Å²) in [5.41, 5.74) is 15.8. The number of hydrogen-bond donors (Lipinski definition) is 3. The van der Waals surface area contributed by atoms with E-state index in [-0.39, 0.29) is 5.54 Å². The molecule has 3 fully saturated rings. The Morgan fingerprint density at radius 1 is 1.08 bits per heavy atom. The molecule has 2 bridgehead atoms. The Morgan fingerprint density at radius 2 is 1.62 bits per heavy atom. The zero-order valence-electron chi connectivity index (χ0n) is 14.7. The van der Waals surface area contributed by atoms with Gasteiger partial charge in [0.1, 0.15) is 0 Å². The molecule has 0 aromatic heterocycles. The van der Waals surface area contributed by atoms with Gasteiger partial charge in [0.15, 0.2) is 0 Å². The topological polar surface area (TPSA) is 52.0 Å². The van der Waals surface area contributed by atoms with Gasteiger partial charge in [-0.25, -0.2) is 4.39 Å². The van der Waals surface area contributed by atoms with Crippen molar-refractivity contribution in [2.45, 2.75) is 62.3 Å². The summed E-state index contributed by atoms with van der Waals surface area (Å²) in [5, 5.41) is 0. The molecule has 3 saturated carbocycles. The maximum absolute atomic E-state index is 12.5. The van der Waals surface area contributed by atoms with Crippen LogP contribution in [0.2, 0.25) is 0 Å². The third-order valence-electron chi connectivity index (χ3n) is 6.02. The molecular formula is C20H31FN2S. The summed E-state index contributed by atoms with van der Waals surface area (Å²) >= 11 is 3.53. The smallest absolute Gasteiger partial charge is 0.0871 e. The van der Waals surface area contributed by atoms with Gasteiger partial charge in [0.05, 0.1) is 6.33 Å². The highest BCUT2D eigenvalue weighted by Gasteiger charge is 2.47. The molecule has 0 heterocycles.